The number of methoxy groups -OCH3 is 1. The Bertz CT molecular complexity index is 567. The van der Waals surface area contributed by atoms with Gasteiger partial charge in [0.25, 0.3) is 0 Å². The lowest BCUT2D eigenvalue weighted by molar-refractivity contribution is 0.297. The highest BCUT2D eigenvalue weighted by molar-refractivity contribution is 9.10. The first kappa shape index (κ1) is 13.8. The van der Waals surface area contributed by atoms with Crippen LogP contribution in [0.2, 0.25) is 0 Å². The molecule has 5 heteroatoms. The SMILES string of the molecule is COc1ccc(COc2cc(F)cc(Br)c2)c(F)c1. The van der Waals surface area contributed by atoms with Crippen LogP contribution in [0.4, 0.5) is 8.78 Å². The fourth-order valence-electron chi connectivity index (χ4n) is 1.55. The van der Waals surface area contributed by atoms with Gasteiger partial charge in [0.1, 0.15) is 29.7 Å². The zero-order valence-corrected chi connectivity index (χ0v) is 11.7. The van der Waals surface area contributed by atoms with Crippen molar-refractivity contribution in [3.05, 3.63) is 58.1 Å². The highest BCUT2D eigenvalue weighted by atomic mass is 79.9. The van der Waals surface area contributed by atoms with Gasteiger partial charge in [-0.15, -0.1) is 0 Å². The molecule has 0 aromatic heterocycles. The van der Waals surface area contributed by atoms with Gasteiger partial charge in [-0.2, -0.15) is 0 Å². The summed E-state index contributed by atoms with van der Waals surface area (Å²) in [7, 11) is 1.47. The van der Waals surface area contributed by atoms with Crippen molar-refractivity contribution < 1.29 is 18.3 Å². The van der Waals surface area contributed by atoms with Gasteiger partial charge in [-0.25, -0.2) is 8.78 Å². The topological polar surface area (TPSA) is 18.5 Å². The Morgan fingerprint density at radius 3 is 2.47 bits per heavy atom. The molecular weight excluding hydrogens is 318 g/mol. The van der Waals surface area contributed by atoms with E-state index < -0.39 is 11.6 Å². The highest BCUT2D eigenvalue weighted by Crippen LogP contribution is 2.23. The van der Waals surface area contributed by atoms with Gasteiger partial charge in [0, 0.05) is 22.2 Å². The molecule has 0 radical (unpaired) electrons. The van der Waals surface area contributed by atoms with E-state index in [1.807, 2.05) is 0 Å². The van der Waals surface area contributed by atoms with Crippen LogP contribution in [-0.4, -0.2) is 7.11 Å². The summed E-state index contributed by atoms with van der Waals surface area (Å²) < 4.78 is 37.6. The van der Waals surface area contributed by atoms with Gasteiger partial charge in [-0.05, 0) is 24.3 Å². The number of ether oxygens (including phenoxy) is 2. The normalized spacial score (nSPS) is 10.3. The zero-order valence-electron chi connectivity index (χ0n) is 10.1. The van der Waals surface area contributed by atoms with E-state index in [-0.39, 0.29) is 6.61 Å². The third-order valence-electron chi connectivity index (χ3n) is 2.49. The molecule has 2 aromatic rings. The number of rotatable bonds is 4. The molecule has 0 atom stereocenters. The van der Waals surface area contributed by atoms with Crippen LogP contribution in [0.15, 0.2) is 40.9 Å². The Morgan fingerprint density at radius 2 is 1.84 bits per heavy atom. The quantitative estimate of drug-likeness (QED) is 0.832. The molecule has 0 heterocycles. The van der Waals surface area contributed by atoms with Crippen molar-refractivity contribution in [1.29, 1.82) is 0 Å². The lowest BCUT2D eigenvalue weighted by Gasteiger charge is -2.09. The molecule has 100 valence electrons. The molecule has 0 bridgehead atoms. The fraction of sp³-hybridized carbons (Fsp3) is 0.143. The highest BCUT2D eigenvalue weighted by Gasteiger charge is 2.06. The standard InChI is InChI=1S/C14H11BrF2O2/c1-18-12-3-2-9(14(17)7-12)8-19-13-5-10(15)4-11(16)6-13/h2-7H,8H2,1H3. The number of hydrogen-bond donors (Lipinski definition) is 0. The first-order valence-electron chi connectivity index (χ1n) is 5.50. The van der Waals surface area contributed by atoms with Gasteiger partial charge in [0.15, 0.2) is 0 Å². The van der Waals surface area contributed by atoms with Crippen LogP contribution in [0.3, 0.4) is 0 Å². The monoisotopic (exact) mass is 328 g/mol. The summed E-state index contributed by atoms with van der Waals surface area (Å²) in [6, 6.07) is 8.67. The van der Waals surface area contributed by atoms with E-state index in [1.54, 1.807) is 18.2 Å². The van der Waals surface area contributed by atoms with Crippen LogP contribution in [0.5, 0.6) is 11.5 Å². The van der Waals surface area contributed by atoms with E-state index in [0.29, 0.717) is 21.5 Å². The van der Waals surface area contributed by atoms with Crippen molar-refractivity contribution >= 4 is 15.9 Å². The van der Waals surface area contributed by atoms with Gasteiger partial charge < -0.3 is 9.47 Å². The third-order valence-corrected chi connectivity index (χ3v) is 2.95. The van der Waals surface area contributed by atoms with Crippen LogP contribution >= 0.6 is 15.9 Å². The molecule has 0 amide bonds. The first-order valence-corrected chi connectivity index (χ1v) is 6.29. The minimum atomic E-state index is -0.421. The van der Waals surface area contributed by atoms with Crippen LogP contribution in [-0.2, 0) is 6.61 Å². The predicted molar refractivity (Wildman–Crippen MR) is 71.4 cm³/mol. The molecule has 0 aliphatic rings. The molecule has 2 aromatic carbocycles. The lowest BCUT2D eigenvalue weighted by atomic mass is 10.2. The maximum Gasteiger partial charge on any atom is 0.133 e. The second-order valence-corrected chi connectivity index (χ2v) is 4.77. The van der Waals surface area contributed by atoms with Crippen molar-refractivity contribution in [2.75, 3.05) is 7.11 Å². The van der Waals surface area contributed by atoms with Gasteiger partial charge in [-0.1, -0.05) is 15.9 Å². The summed E-state index contributed by atoms with van der Waals surface area (Å²) in [5.41, 5.74) is 0.376. The maximum atomic E-state index is 13.7. The second-order valence-electron chi connectivity index (χ2n) is 3.85. The minimum Gasteiger partial charge on any atom is -0.497 e. The fourth-order valence-corrected chi connectivity index (χ4v) is 1.99. The minimum absolute atomic E-state index is 0.0196. The predicted octanol–water partition coefficient (Wildman–Crippen LogP) is 4.31. The van der Waals surface area contributed by atoms with Gasteiger partial charge in [0.05, 0.1) is 7.11 Å². The Kier molecular flexibility index (Phi) is 4.37. The summed E-state index contributed by atoms with van der Waals surface area (Å²) in [4.78, 5) is 0. The molecule has 0 spiro atoms. The molecule has 2 nitrogen and oxygen atoms in total. The summed E-state index contributed by atoms with van der Waals surface area (Å²) >= 11 is 3.16. The maximum absolute atomic E-state index is 13.7. The molecule has 0 unspecified atom stereocenters. The van der Waals surface area contributed by atoms with E-state index in [4.69, 9.17) is 9.47 Å². The van der Waals surface area contributed by atoms with Gasteiger partial charge >= 0.3 is 0 Å². The van der Waals surface area contributed by atoms with E-state index in [1.165, 1.54) is 25.3 Å². The Balaban J connectivity index is 2.10. The van der Waals surface area contributed by atoms with Crippen LogP contribution in [0.25, 0.3) is 0 Å². The van der Waals surface area contributed by atoms with E-state index in [2.05, 4.69) is 15.9 Å². The van der Waals surface area contributed by atoms with E-state index >= 15 is 0 Å². The average Bonchev–Trinajstić information content (AvgIpc) is 2.36. The van der Waals surface area contributed by atoms with Crippen molar-refractivity contribution in [3.63, 3.8) is 0 Å². The summed E-state index contributed by atoms with van der Waals surface area (Å²) in [6.45, 7) is 0.0196. The summed E-state index contributed by atoms with van der Waals surface area (Å²) in [5, 5.41) is 0. The zero-order chi connectivity index (χ0) is 13.8. The first-order chi connectivity index (χ1) is 9.08. The molecule has 0 saturated heterocycles. The molecule has 19 heavy (non-hydrogen) atoms. The molecule has 0 aliphatic heterocycles. The van der Waals surface area contributed by atoms with E-state index in [0.717, 1.165) is 0 Å². The molecule has 0 N–H and O–H groups in total. The number of halogens is 3. The largest absolute Gasteiger partial charge is 0.497 e. The van der Waals surface area contributed by atoms with Gasteiger partial charge in [0.2, 0.25) is 0 Å². The molecular formula is C14H11BrF2O2. The summed E-state index contributed by atoms with van der Waals surface area (Å²) in [5.74, 6) is -0.0637. The second kappa shape index (κ2) is 6.02. The van der Waals surface area contributed by atoms with E-state index in [9.17, 15) is 8.78 Å². The third kappa shape index (κ3) is 3.67. The van der Waals surface area contributed by atoms with Crippen LogP contribution < -0.4 is 9.47 Å². The summed E-state index contributed by atoms with van der Waals surface area (Å²) in [6.07, 6.45) is 0. The van der Waals surface area contributed by atoms with Crippen molar-refractivity contribution in [2.24, 2.45) is 0 Å². The van der Waals surface area contributed by atoms with Crippen molar-refractivity contribution in [1.82, 2.24) is 0 Å². The van der Waals surface area contributed by atoms with Crippen LogP contribution in [0, 0.1) is 11.6 Å². The molecule has 0 fully saturated rings. The van der Waals surface area contributed by atoms with Crippen molar-refractivity contribution in [2.45, 2.75) is 6.61 Å². The Morgan fingerprint density at radius 1 is 1.05 bits per heavy atom. The smallest absolute Gasteiger partial charge is 0.133 e. The van der Waals surface area contributed by atoms with Gasteiger partial charge in [-0.3, -0.25) is 0 Å². The lowest BCUT2D eigenvalue weighted by Crippen LogP contribution is -1.99. The number of hydrogen-bond acceptors (Lipinski definition) is 2. The molecule has 2 rings (SSSR count). The van der Waals surface area contributed by atoms with Crippen LogP contribution in [0.1, 0.15) is 5.56 Å². The number of benzene rings is 2. The Hall–Kier alpha value is -1.62. The Labute approximate surface area is 118 Å². The molecule has 0 aliphatic carbocycles. The molecule has 0 saturated carbocycles. The average molecular weight is 329 g/mol. The van der Waals surface area contributed by atoms with Crippen molar-refractivity contribution in [3.8, 4) is 11.5 Å².